The number of thiocarbonyl (C=S) groups is 1. The zero-order valence-corrected chi connectivity index (χ0v) is 9.31. The van der Waals surface area contributed by atoms with E-state index in [9.17, 15) is 0 Å². The van der Waals surface area contributed by atoms with E-state index in [0.29, 0.717) is 15.8 Å². The van der Waals surface area contributed by atoms with Gasteiger partial charge in [-0.25, -0.2) is 0 Å². The van der Waals surface area contributed by atoms with Gasteiger partial charge in [0.15, 0.2) is 0 Å². The van der Waals surface area contributed by atoms with E-state index in [1.54, 1.807) is 30.5 Å². The Hall–Kier alpha value is -1.32. The summed E-state index contributed by atoms with van der Waals surface area (Å²) < 4.78 is 5.29. The van der Waals surface area contributed by atoms with Crippen molar-refractivity contribution in [2.24, 2.45) is 5.73 Å². The molecule has 0 saturated carbocycles. The molecule has 0 amide bonds. The molecule has 2 aromatic rings. The quantitative estimate of drug-likeness (QED) is 0.815. The van der Waals surface area contributed by atoms with E-state index in [0.717, 1.165) is 11.1 Å². The summed E-state index contributed by atoms with van der Waals surface area (Å²) in [5.74, 6) is 0.709. The maximum absolute atomic E-state index is 5.91. The molecule has 0 atom stereocenters. The molecule has 0 unspecified atom stereocenters. The van der Waals surface area contributed by atoms with Crippen LogP contribution in [0.25, 0.3) is 11.3 Å². The third kappa shape index (κ3) is 2.03. The topological polar surface area (TPSA) is 39.2 Å². The van der Waals surface area contributed by atoms with Crippen LogP contribution >= 0.6 is 23.8 Å². The first-order chi connectivity index (χ1) is 7.18. The number of hydrogen-bond donors (Lipinski definition) is 1. The van der Waals surface area contributed by atoms with Crippen LogP contribution in [-0.2, 0) is 0 Å². The van der Waals surface area contributed by atoms with Crippen LogP contribution < -0.4 is 5.73 Å². The maximum atomic E-state index is 5.91. The van der Waals surface area contributed by atoms with Crippen molar-refractivity contribution in [1.82, 2.24) is 0 Å². The third-order valence-electron chi connectivity index (χ3n) is 2.03. The second-order valence-corrected chi connectivity index (χ2v) is 3.91. The van der Waals surface area contributed by atoms with Crippen LogP contribution in [0, 0.1) is 0 Å². The molecule has 15 heavy (non-hydrogen) atoms. The van der Waals surface area contributed by atoms with Crippen LogP contribution in [0.3, 0.4) is 0 Å². The van der Waals surface area contributed by atoms with Crippen LogP contribution in [0.1, 0.15) is 5.56 Å². The number of benzene rings is 1. The fourth-order valence-corrected chi connectivity index (χ4v) is 1.72. The Kier molecular flexibility index (Phi) is 2.75. The zero-order chi connectivity index (χ0) is 10.8. The summed E-state index contributed by atoms with van der Waals surface area (Å²) in [5, 5.41) is 0.626. The van der Waals surface area contributed by atoms with E-state index in [-0.39, 0.29) is 0 Å². The standard InChI is InChI=1S/C11H8ClNOS/c12-7-3-4-8(11(13)15)9(6-7)10-2-1-5-14-10/h1-6H,(H2,13,15). The van der Waals surface area contributed by atoms with Crippen LogP contribution in [0.2, 0.25) is 5.02 Å². The SMILES string of the molecule is NC(=S)c1ccc(Cl)cc1-c1ccco1. The summed E-state index contributed by atoms with van der Waals surface area (Å²) in [6.07, 6.45) is 1.60. The van der Waals surface area contributed by atoms with Gasteiger partial charge in [0.2, 0.25) is 0 Å². The van der Waals surface area contributed by atoms with Gasteiger partial charge in [0.1, 0.15) is 10.7 Å². The van der Waals surface area contributed by atoms with Crippen molar-refractivity contribution in [3.05, 3.63) is 47.2 Å². The Morgan fingerprint density at radius 3 is 2.73 bits per heavy atom. The number of halogens is 1. The van der Waals surface area contributed by atoms with Crippen molar-refractivity contribution in [1.29, 1.82) is 0 Å². The molecule has 0 bridgehead atoms. The molecule has 76 valence electrons. The van der Waals surface area contributed by atoms with E-state index in [1.807, 2.05) is 6.07 Å². The fraction of sp³-hybridized carbons (Fsp3) is 0. The highest BCUT2D eigenvalue weighted by Crippen LogP contribution is 2.27. The van der Waals surface area contributed by atoms with Gasteiger partial charge in [-0.3, -0.25) is 0 Å². The predicted octanol–water partition coefficient (Wildman–Crippen LogP) is 3.23. The molecular formula is C11H8ClNOS. The predicted molar refractivity (Wildman–Crippen MR) is 65.0 cm³/mol. The van der Waals surface area contributed by atoms with E-state index in [4.69, 9.17) is 34.0 Å². The van der Waals surface area contributed by atoms with Crippen molar-refractivity contribution >= 4 is 28.8 Å². The first-order valence-electron chi connectivity index (χ1n) is 4.31. The summed E-state index contributed by atoms with van der Waals surface area (Å²) >= 11 is 10.9. The molecule has 1 aromatic carbocycles. The first-order valence-corrected chi connectivity index (χ1v) is 5.10. The summed E-state index contributed by atoms with van der Waals surface area (Å²) in [6.45, 7) is 0. The van der Waals surface area contributed by atoms with Crippen molar-refractivity contribution in [3.63, 3.8) is 0 Å². The fourth-order valence-electron chi connectivity index (χ4n) is 1.37. The van der Waals surface area contributed by atoms with Gasteiger partial charge in [0.25, 0.3) is 0 Å². The van der Waals surface area contributed by atoms with Crippen molar-refractivity contribution in [2.45, 2.75) is 0 Å². The molecule has 0 aliphatic carbocycles. The van der Waals surface area contributed by atoms with Crippen molar-refractivity contribution in [2.75, 3.05) is 0 Å². The first kappa shape index (κ1) is 10.2. The Labute approximate surface area is 97.6 Å². The second kappa shape index (κ2) is 4.04. The largest absolute Gasteiger partial charge is 0.464 e. The molecule has 2 rings (SSSR count). The maximum Gasteiger partial charge on any atom is 0.134 e. The van der Waals surface area contributed by atoms with Crippen LogP contribution in [0.5, 0.6) is 0 Å². The highest BCUT2D eigenvalue weighted by Gasteiger charge is 2.10. The van der Waals surface area contributed by atoms with Crippen LogP contribution in [0.4, 0.5) is 0 Å². The molecule has 0 radical (unpaired) electrons. The van der Waals surface area contributed by atoms with E-state index in [2.05, 4.69) is 0 Å². The molecule has 2 N–H and O–H groups in total. The normalized spacial score (nSPS) is 10.2. The van der Waals surface area contributed by atoms with Gasteiger partial charge >= 0.3 is 0 Å². The lowest BCUT2D eigenvalue weighted by molar-refractivity contribution is 0.582. The molecular weight excluding hydrogens is 230 g/mol. The number of hydrogen-bond acceptors (Lipinski definition) is 2. The highest BCUT2D eigenvalue weighted by atomic mass is 35.5. The minimum absolute atomic E-state index is 0.332. The minimum atomic E-state index is 0.332. The molecule has 0 spiro atoms. The zero-order valence-electron chi connectivity index (χ0n) is 7.74. The van der Waals surface area contributed by atoms with Gasteiger partial charge in [0.05, 0.1) is 6.26 Å². The van der Waals surface area contributed by atoms with Gasteiger partial charge < -0.3 is 10.2 Å². The molecule has 1 aromatic heterocycles. The third-order valence-corrected chi connectivity index (χ3v) is 2.49. The summed E-state index contributed by atoms with van der Waals surface area (Å²) in [6, 6.07) is 8.98. The van der Waals surface area contributed by atoms with Gasteiger partial charge in [-0.2, -0.15) is 0 Å². The summed E-state index contributed by atoms with van der Waals surface area (Å²) in [5.41, 5.74) is 7.20. The number of nitrogens with two attached hydrogens (primary N) is 1. The molecule has 2 nitrogen and oxygen atoms in total. The van der Waals surface area contributed by atoms with Gasteiger partial charge in [-0.15, -0.1) is 0 Å². The Morgan fingerprint density at radius 2 is 2.13 bits per heavy atom. The number of rotatable bonds is 2. The smallest absolute Gasteiger partial charge is 0.134 e. The van der Waals surface area contributed by atoms with Crippen molar-refractivity contribution < 1.29 is 4.42 Å². The summed E-state index contributed by atoms with van der Waals surface area (Å²) in [4.78, 5) is 0.332. The molecule has 0 saturated heterocycles. The lowest BCUT2D eigenvalue weighted by Gasteiger charge is -2.05. The molecule has 0 aliphatic rings. The van der Waals surface area contributed by atoms with Gasteiger partial charge in [-0.05, 0) is 30.3 Å². The average molecular weight is 238 g/mol. The van der Waals surface area contributed by atoms with E-state index < -0.39 is 0 Å². The molecule has 1 heterocycles. The average Bonchev–Trinajstić information content (AvgIpc) is 2.69. The van der Waals surface area contributed by atoms with Gasteiger partial charge in [0, 0.05) is 16.1 Å². The Balaban J connectivity index is 2.63. The van der Waals surface area contributed by atoms with Crippen LogP contribution in [-0.4, -0.2) is 4.99 Å². The van der Waals surface area contributed by atoms with E-state index >= 15 is 0 Å². The highest BCUT2D eigenvalue weighted by molar-refractivity contribution is 7.80. The monoisotopic (exact) mass is 237 g/mol. The summed E-state index contributed by atoms with van der Waals surface area (Å²) in [7, 11) is 0. The van der Waals surface area contributed by atoms with E-state index in [1.165, 1.54) is 0 Å². The van der Waals surface area contributed by atoms with Crippen molar-refractivity contribution in [3.8, 4) is 11.3 Å². The second-order valence-electron chi connectivity index (χ2n) is 3.03. The Bertz CT molecular complexity index is 493. The number of furan rings is 1. The lowest BCUT2D eigenvalue weighted by atomic mass is 10.1. The molecule has 0 aliphatic heterocycles. The minimum Gasteiger partial charge on any atom is -0.464 e. The lowest BCUT2D eigenvalue weighted by Crippen LogP contribution is -2.10. The molecule has 0 fully saturated rings. The Morgan fingerprint density at radius 1 is 1.33 bits per heavy atom. The molecule has 4 heteroatoms. The van der Waals surface area contributed by atoms with Gasteiger partial charge in [-0.1, -0.05) is 23.8 Å². The van der Waals surface area contributed by atoms with Crippen LogP contribution in [0.15, 0.2) is 41.0 Å².